The number of carbonyl (C=O) groups is 1. The Labute approximate surface area is 148 Å². The van der Waals surface area contributed by atoms with E-state index in [-0.39, 0.29) is 22.6 Å². The number of nitrogens with one attached hydrogen (secondary N) is 1. The first kappa shape index (κ1) is 19.0. The summed E-state index contributed by atoms with van der Waals surface area (Å²) in [6.07, 6.45) is 1.11. The van der Waals surface area contributed by atoms with Gasteiger partial charge in [0, 0.05) is 6.26 Å². The van der Waals surface area contributed by atoms with Crippen LogP contribution in [0.1, 0.15) is 26.3 Å². The lowest BCUT2D eigenvalue weighted by molar-refractivity contribution is -0.118. The van der Waals surface area contributed by atoms with E-state index in [1.165, 1.54) is 6.07 Å². The normalized spacial score (nSPS) is 11.8. The van der Waals surface area contributed by atoms with E-state index in [4.69, 9.17) is 4.74 Å². The highest BCUT2D eigenvalue weighted by molar-refractivity contribution is 7.90. The molecule has 0 aliphatic rings. The van der Waals surface area contributed by atoms with Crippen LogP contribution in [0.4, 0.5) is 5.69 Å². The lowest BCUT2D eigenvalue weighted by Gasteiger charge is -2.22. The summed E-state index contributed by atoms with van der Waals surface area (Å²) in [6.45, 7) is 6.00. The molecule has 2 aromatic carbocycles. The number of benzene rings is 2. The van der Waals surface area contributed by atoms with Crippen molar-refractivity contribution in [2.24, 2.45) is 0 Å². The molecule has 2 rings (SSSR count). The molecule has 134 valence electrons. The summed E-state index contributed by atoms with van der Waals surface area (Å²) in [5, 5.41) is 2.60. The molecule has 0 saturated carbocycles. The molecule has 0 spiro atoms. The molecule has 1 amide bonds. The van der Waals surface area contributed by atoms with Crippen LogP contribution in [0.25, 0.3) is 0 Å². The van der Waals surface area contributed by atoms with E-state index in [1.54, 1.807) is 18.2 Å². The third kappa shape index (κ3) is 5.06. The van der Waals surface area contributed by atoms with Gasteiger partial charge in [0.2, 0.25) is 0 Å². The SMILES string of the molecule is CC(C)(C)c1ccccc1OCC(=O)Nc1ccccc1S(C)(=O)=O. The predicted molar refractivity (Wildman–Crippen MR) is 98.8 cm³/mol. The van der Waals surface area contributed by atoms with Crippen molar-refractivity contribution in [3.8, 4) is 5.75 Å². The van der Waals surface area contributed by atoms with Gasteiger partial charge in [0.25, 0.3) is 5.91 Å². The van der Waals surface area contributed by atoms with Gasteiger partial charge >= 0.3 is 0 Å². The summed E-state index contributed by atoms with van der Waals surface area (Å²) in [6, 6.07) is 13.8. The fourth-order valence-electron chi connectivity index (χ4n) is 2.43. The Hall–Kier alpha value is -2.34. The molecule has 0 saturated heterocycles. The molecule has 25 heavy (non-hydrogen) atoms. The molecule has 5 nitrogen and oxygen atoms in total. The first-order valence-electron chi connectivity index (χ1n) is 7.90. The Morgan fingerprint density at radius 1 is 1.04 bits per heavy atom. The van der Waals surface area contributed by atoms with Crippen LogP contribution >= 0.6 is 0 Å². The highest BCUT2D eigenvalue weighted by Gasteiger charge is 2.19. The Morgan fingerprint density at radius 3 is 2.28 bits per heavy atom. The molecule has 1 N–H and O–H groups in total. The van der Waals surface area contributed by atoms with Crippen LogP contribution in [0.15, 0.2) is 53.4 Å². The molecule has 0 bridgehead atoms. The van der Waals surface area contributed by atoms with Crippen LogP contribution in [-0.4, -0.2) is 27.2 Å². The second-order valence-electron chi connectivity index (χ2n) is 6.85. The second kappa shape index (κ2) is 7.27. The summed E-state index contributed by atoms with van der Waals surface area (Å²) in [7, 11) is -3.43. The highest BCUT2D eigenvalue weighted by Crippen LogP contribution is 2.31. The first-order valence-corrected chi connectivity index (χ1v) is 9.79. The van der Waals surface area contributed by atoms with Gasteiger partial charge in [0.05, 0.1) is 10.6 Å². The van der Waals surface area contributed by atoms with Crippen LogP contribution in [0.3, 0.4) is 0 Å². The Kier molecular flexibility index (Phi) is 5.52. The molecule has 0 aliphatic heterocycles. The molecule has 0 heterocycles. The van der Waals surface area contributed by atoms with Crippen LogP contribution in [0.5, 0.6) is 5.75 Å². The molecule has 0 aliphatic carbocycles. The van der Waals surface area contributed by atoms with E-state index in [9.17, 15) is 13.2 Å². The number of carbonyl (C=O) groups excluding carboxylic acids is 1. The standard InChI is InChI=1S/C19H23NO4S/c1-19(2,3)14-9-5-7-11-16(14)24-13-18(21)20-15-10-6-8-12-17(15)25(4,22)23/h5-12H,13H2,1-4H3,(H,20,21). The third-order valence-corrected chi connectivity index (χ3v) is 4.77. The Bertz CT molecular complexity index is 867. The van der Waals surface area contributed by atoms with Gasteiger partial charge in [-0.15, -0.1) is 0 Å². The summed E-state index contributed by atoms with van der Waals surface area (Å²) >= 11 is 0. The van der Waals surface area contributed by atoms with Crippen molar-refractivity contribution >= 4 is 21.4 Å². The maximum atomic E-state index is 12.2. The predicted octanol–water partition coefficient (Wildman–Crippen LogP) is 3.41. The topological polar surface area (TPSA) is 72.5 Å². The van der Waals surface area contributed by atoms with Gasteiger partial charge in [0.15, 0.2) is 16.4 Å². The number of sulfone groups is 1. The molecule has 0 fully saturated rings. The lowest BCUT2D eigenvalue weighted by atomic mass is 9.86. The van der Waals surface area contributed by atoms with Crippen molar-refractivity contribution < 1.29 is 17.9 Å². The van der Waals surface area contributed by atoms with E-state index in [2.05, 4.69) is 26.1 Å². The first-order chi connectivity index (χ1) is 11.6. The third-order valence-electron chi connectivity index (χ3n) is 3.61. The molecule has 0 atom stereocenters. The van der Waals surface area contributed by atoms with Crippen molar-refractivity contribution in [1.82, 2.24) is 0 Å². The van der Waals surface area contributed by atoms with Crippen molar-refractivity contribution in [2.75, 3.05) is 18.2 Å². The summed E-state index contributed by atoms with van der Waals surface area (Å²) in [5.41, 5.74) is 1.14. The molecule has 0 unspecified atom stereocenters. The van der Waals surface area contributed by atoms with Crippen LogP contribution < -0.4 is 10.1 Å². The minimum absolute atomic E-state index is 0.0819. The zero-order chi connectivity index (χ0) is 18.7. The monoisotopic (exact) mass is 361 g/mol. The molecular weight excluding hydrogens is 338 g/mol. The van der Waals surface area contributed by atoms with Gasteiger partial charge < -0.3 is 10.1 Å². The number of para-hydroxylation sites is 2. The van der Waals surface area contributed by atoms with Gasteiger partial charge in [-0.3, -0.25) is 4.79 Å². The van der Waals surface area contributed by atoms with Crippen LogP contribution in [-0.2, 0) is 20.0 Å². The fourth-order valence-corrected chi connectivity index (χ4v) is 3.28. The van der Waals surface area contributed by atoms with E-state index in [0.717, 1.165) is 11.8 Å². The van der Waals surface area contributed by atoms with Crippen LogP contribution in [0.2, 0.25) is 0 Å². The number of hydrogen-bond acceptors (Lipinski definition) is 4. The zero-order valence-corrected chi connectivity index (χ0v) is 15.7. The highest BCUT2D eigenvalue weighted by atomic mass is 32.2. The van der Waals surface area contributed by atoms with Crippen LogP contribution in [0, 0.1) is 0 Å². The Morgan fingerprint density at radius 2 is 1.64 bits per heavy atom. The summed E-state index contributed by atoms with van der Waals surface area (Å²) in [5.74, 6) is 0.223. The van der Waals surface area contributed by atoms with Gasteiger partial charge in [-0.25, -0.2) is 8.42 Å². The quantitative estimate of drug-likeness (QED) is 0.886. The van der Waals surface area contributed by atoms with Crippen molar-refractivity contribution in [1.29, 1.82) is 0 Å². The molecule has 2 aromatic rings. The molecular formula is C19H23NO4S. The van der Waals surface area contributed by atoms with Crippen molar-refractivity contribution in [2.45, 2.75) is 31.1 Å². The van der Waals surface area contributed by atoms with E-state index < -0.39 is 15.7 Å². The molecule has 0 aromatic heterocycles. The lowest BCUT2D eigenvalue weighted by Crippen LogP contribution is -2.22. The largest absolute Gasteiger partial charge is 0.483 e. The van der Waals surface area contributed by atoms with Gasteiger partial charge in [0.1, 0.15) is 5.75 Å². The van der Waals surface area contributed by atoms with E-state index in [0.29, 0.717) is 5.75 Å². The molecule has 6 heteroatoms. The van der Waals surface area contributed by atoms with Gasteiger partial charge in [-0.1, -0.05) is 51.1 Å². The minimum Gasteiger partial charge on any atom is -0.483 e. The maximum absolute atomic E-state index is 12.2. The number of amides is 1. The van der Waals surface area contributed by atoms with E-state index in [1.807, 2.05) is 24.3 Å². The van der Waals surface area contributed by atoms with Crippen molar-refractivity contribution in [3.63, 3.8) is 0 Å². The maximum Gasteiger partial charge on any atom is 0.262 e. The van der Waals surface area contributed by atoms with E-state index >= 15 is 0 Å². The number of hydrogen-bond donors (Lipinski definition) is 1. The minimum atomic E-state index is -3.43. The average molecular weight is 361 g/mol. The van der Waals surface area contributed by atoms with Gasteiger partial charge in [-0.2, -0.15) is 0 Å². The summed E-state index contributed by atoms with van der Waals surface area (Å²) < 4.78 is 29.2. The average Bonchev–Trinajstić information content (AvgIpc) is 2.52. The van der Waals surface area contributed by atoms with Crippen molar-refractivity contribution in [3.05, 3.63) is 54.1 Å². The number of anilines is 1. The van der Waals surface area contributed by atoms with Gasteiger partial charge in [-0.05, 0) is 29.2 Å². The summed E-state index contributed by atoms with van der Waals surface area (Å²) in [4.78, 5) is 12.3. The smallest absolute Gasteiger partial charge is 0.262 e. The number of ether oxygens (including phenoxy) is 1. The molecule has 0 radical (unpaired) electrons. The number of rotatable bonds is 5. The zero-order valence-electron chi connectivity index (χ0n) is 14.9. The fraction of sp³-hybridized carbons (Fsp3) is 0.316. The second-order valence-corrected chi connectivity index (χ2v) is 8.84. The Balaban J connectivity index is 2.11.